The van der Waals surface area contributed by atoms with Gasteiger partial charge in [0.1, 0.15) is 0 Å². The molecule has 0 aromatic carbocycles. The number of hydrogen-bond acceptors (Lipinski definition) is 5. The summed E-state index contributed by atoms with van der Waals surface area (Å²) in [5.41, 5.74) is 0. The maximum Gasteiger partial charge on any atom is 0.0733 e. The lowest BCUT2D eigenvalue weighted by atomic mass is 10.2. The zero-order valence-electron chi connectivity index (χ0n) is 8.78. The van der Waals surface area contributed by atoms with Crippen LogP contribution in [0.5, 0.6) is 0 Å². The normalized spacial score (nSPS) is 11.5. The lowest BCUT2D eigenvalue weighted by Gasteiger charge is -2.20. The average molecular weight is 193 g/mol. The van der Waals surface area contributed by atoms with Crippen molar-refractivity contribution in [1.29, 1.82) is 0 Å². The van der Waals surface area contributed by atoms with Gasteiger partial charge in [0.2, 0.25) is 0 Å². The van der Waals surface area contributed by atoms with E-state index in [-0.39, 0.29) is 5.92 Å². The molecule has 0 aromatic heterocycles. The molecular formula is C8H19NO4. The van der Waals surface area contributed by atoms with Crippen molar-refractivity contribution in [2.75, 3.05) is 48.1 Å². The van der Waals surface area contributed by atoms with E-state index in [0.29, 0.717) is 19.8 Å². The number of rotatable bonds is 8. The molecule has 80 valence electrons. The third kappa shape index (κ3) is 6.92. The molecule has 13 heavy (non-hydrogen) atoms. The molecule has 0 saturated carbocycles. The molecule has 0 heterocycles. The van der Waals surface area contributed by atoms with Crippen LogP contribution in [0.25, 0.3) is 0 Å². The van der Waals surface area contributed by atoms with Crippen LogP contribution in [-0.2, 0) is 19.3 Å². The molecule has 0 atom stereocenters. The van der Waals surface area contributed by atoms with Crippen molar-refractivity contribution in [3.8, 4) is 0 Å². The minimum absolute atomic E-state index is 0.287. The Morgan fingerprint density at radius 2 is 1.62 bits per heavy atom. The van der Waals surface area contributed by atoms with E-state index in [1.165, 1.54) is 7.11 Å². The minimum Gasteiger partial charge on any atom is -0.384 e. The van der Waals surface area contributed by atoms with Crippen LogP contribution < -0.4 is 0 Å². The lowest BCUT2D eigenvalue weighted by molar-refractivity contribution is -0.407. The monoisotopic (exact) mass is 193 g/mol. The number of methoxy groups -OCH3 is 2. The van der Waals surface area contributed by atoms with Crippen LogP contribution in [0.2, 0.25) is 0 Å². The van der Waals surface area contributed by atoms with Crippen molar-refractivity contribution in [3.63, 3.8) is 0 Å². The van der Waals surface area contributed by atoms with Crippen LogP contribution in [0.15, 0.2) is 0 Å². The van der Waals surface area contributed by atoms with Gasteiger partial charge in [-0.25, -0.2) is 4.89 Å². The molecule has 0 aliphatic rings. The van der Waals surface area contributed by atoms with Crippen LogP contribution in [0.3, 0.4) is 0 Å². The van der Waals surface area contributed by atoms with E-state index in [0.717, 1.165) is 0 Å². The molecule has 0 aromatic rings. The predicted molar refractivity (Wildman–Crippen MR) is 48.0 cm³/mol. The molecule has 0 fully saturated rings. The van der Waals surface area contributed by atoms with E-state index in [1.54, 1.807) is 26.3 Å². The van der Waals surface area contributed by atoms with Gasteiger partial charge < -0.3 is 9.47 Å². The Hall–Kier alpha value is -0.200. The van der Waals surface area contributed by atoms with Crippen molar-refractivity contribution >= 4 is 0 Å². The zero-order valence-corrected chi connectivity index (χ0v) is 8.78. The van der Waals surface area contributed by atoms with Gasteiger partial charge in [-0.1, -0.05) is 0 Å². The highest BCUT2D eigenvalue weighted by molar-refractivity contribution is 4.57. The molecule has 0 aliphatic carbocycles. The van der Waals surface area contributed by atoms with Crippen LogP contribution in [0.4, 0.5) is 0 Å². The highest BCUT2D eigenvalue weighted by Crippen LogP contribution is 2.01. The molecule has 0 saturated heterocycles. The van der Waals surface area contributed by atoms with E-state index < -0.39 is 0 Å². The summed E-state index contributed by atoms with van der Waals surface area (Å²) in [5.74, 6) is 0.287. The average Bonchev–Trinajstić information content (AvgIpc) is 2.05. The van der Waals surface area contributed by atoms with Gasteiger partial charge in [0, 0.05) is 33.7 Å². The largest absolute Gasteiger partial charge is 0.384 e. The molecule has 0 amide bonds. The van der Waals surface area contributed by atoms with Gasteiger partial charge in [-0.15, -0.1) is 4.99 Å². The first-order chi connectivity index (χ1) is 6.24. The van der Waals surface area contributed by atoms with Gasteiger partial charge in [0.05, 0.1) is 20.3 Å². The lowest BCUT2D eigenvalue weighted by Crippen LogP contribution is -2.30. The molecule has 0 N–H and O–H groups in total. The summed E-state index contributed by atoms with van der Waals surface area (Å²) in [5, 5.41) is 1.60. The molecule has 0 aliphatic heterocycles. The van der Waals surface area contributed by atoms with Gasteiger partial charge in [-0.05, 0) is 0 Å². The molecule has 0 bridgehead atoms. The van der Waals surface area contributed by atoms with Crippen molar-refractivity contribution < 1.29 is 19.3 Å². The fraction of sp³-hybridized carbons (Fsp3) is 1.00. The molecule has 0 unspecified atom stereocenters. The molecule has 5 heteroatoms. The number of ether oxygens (including phenoxy) is 2. The van der Waals surface area contributed by atoms with Gasteiger partial charge in [-0.3, -0.25) is 0 Å². The van der Waals surface area contributed by atoms with E-state index in [1.807, 2.05) is 0 Å². The van der Waals surface area contributed by atoms with E-state index in [2.05, 4.69) is 4.89 Å². The minimum atomic E-state index is 0.287. The van der Waals surface area contributed by atoms with E-state index in [4.69, 9.17) is 14.5 Å². The van der Waals surface area contributed by atoms with Crippen LogP contribution in [-0.4, -0.2) is 53.2 Å². The highest BCUT2D eigenvalue weighted by Gasteiger charge is 2.11. The second-order valence-corrected chi connectivity index (χ2v) is 2.83. The Morgan fingerprint density at radius 3 is 2.00 bits per heavy atom. The van der Waals surface area contributed by atoms with Crippen LogP contribution in [0, 0.1) is 5.92 Å². The van der Waals surface area contributed by atoms with E-state index >= 15 is 0 Å². The highest BCUT2D eigenvalue weighted by atomic mass is 17.3. The summed E-state index contributed by atoms with van der Waals surface area (Å²) in [7, 11) is 6.60. The fourth-order valence-corrected chi connectivity index (χ4v) is 1.15. The molecule has 0 spiro atoms. The molecule has 5 nitrogen and oxygen atoms in total. The van der Waals surface area contributed by atoms with E-state index in [9.17, 15) is 0 Å². The first-order valence-electron chi connectivity index (χ1n) is 4.14. The summed E-state index contributed by atoms with van der Waals surface area (Å²) >= 11 is 0. The third-order valence-corrected chi connectivity index (χ3v) is 1.52. The first-order valence-corrected chi connectivity index (χ1v) is 4.14. The van der Waals surface area contributed by atoms with Crippen LogP contribution in [0.1, 0.15) is 0 Å². The summed E-state index contributed by atoms with van der Waals surface area (Å²) in [6.07, 6.45) is 0. The van der Waals surface area contributed by atoms with Crippen molar-refractivity contribution in [1.82, 2.24) is 5.06 Å². The summed E-state index contributed by atoms with van der Waals surface area (Å²) in [6.45, 7) is 1.99. The Balaban J connectivity index is 3.64. The molecular weight excluding hydrogens is 174 g/mol. The maximum absolute atomic E-state index is 5.03. The Labute approximate surface area is 79.4 Å². The second kappa shape index (κ2) is 8.40. The Kier molecular flexibility index (Phi) is 8.27. The van der Waals surface area contributed by atoms with Crippen molar-refractivity contribution in [2.24, 2.45) is 5.92 Å². The number of hydroxylamine groups is 2. The zero-order chi connectivity index (χ0) is 10.1. The summed E-state index contributed by atoms with van der Waals surface area (Å²) in [4.78, 5) is 9.29. The van der Waals surface area contributed by atoms with Gasteiger partial charge in [-0.2, -0.15) is 5.06 Å². The SMILES string of the molecule is COCC(COC)CN(C)OOC. The second-order valence-electron chi connectivity index (χ2n) is 2.83. The number of nitrogens with zero attached hydrogens (tertiary/aromatic N) is 1. The van der Waals surface area contributed by atoms with Crippen LogP contribution >= 0.6 is 0 Å². The summed E-state index contributed by atoms with van der Waals surface area (Å²) < 4.78 is 10.1. The number of hydrogen-bond donors (Lipinski definition) is 0. The van der Waals surface area contributed by atoms with Gasteiger partial charge in [0.25, 0.3) is 0 Å². The molecule has 0 radical (unpaired) electrons. The standard InChI is InChI=1S/C8H19NO4/c1-9(13-12-4)5-8(6-10-2)7-11-3/h8H,5-7H2,1-4H3. The predicted octanol–water partition coefficient (Wildman–Crippen LogP) is 0.320. The van der Waals surface area contributed by atoms with Crippen molar-refractivity contribution in [3.05, 3.63) is 0 Å². The Morgan fingerprint density at radius 1 is 1.08 bits per heavy atom. The molecule has 0 rings (SSSR count). The summed E-state index contributed by atoms with van der Waals surface area (Å²) in [6, 6.07) is 0. The quantitative estimate of drug-likeness (QED) is 0.410. The topological polar surface area (TPSA) is 40.2 Å². The Bertz CT molecular complexity index is 106. The third-order valence-electron chi connectivity index (χ3n) is 1.52. The van der Waals surface area contributed by atoms with Crippen molar-refractivity contribution in [2.45, 2.75) is 0 Å². The maximum atomic E-state index is 5.03. The van der Waals surface area contributed by atoms with Gasteiger partial charge in [0.15, 0.2) is 0 Å². The smallest absolute Gasteiger partial charge is 0.0733 e. The van der Waals surface area contributed by atoms with Gasteiger partial charge >= 0.3 is 0 Å². The first kappa shape index (κ1) is 12.8. The fourth-order valence-electron chi connectivity index (χ4n) is 1.15.